The average molecular weight is 250 g/mol. The third kappa shape index (κ3) is 2.08. The lowest BCUT2D eigenvalue weighted by Crippen LogP contribution is -2.47. The Hall–Kier alpha value is -0.280. The van der Waals surface area contributed by atoms with Crippen LogP contribution in [-0.4, -0.2) is 72.6 Å². The normalized spacial score (nSPS) is 45.5. The highest BCUT2D eigenvalue weighted by atomic mass is 16.8. The maximum atomic E-state index is 10.2. The Bertz CT molecular complexity index is 269. The van der Waals surface area contributed by atoms with Crippen LogP contribution >= 0.6 is 0 Å². The molecule has 0 spiro atoms. The Balaban J connectivity index is 2.07. The molecule has 7 heteroatoms. The molecule has 2 fully saturated rings. The first-order chi connectivity index (χ1) is 8.05. The van der Waals surface area contributed by atoms with Crippen LogP contribution in [0.2, 0.25) is 0 Å². The maximum absolute atomic E-state index is 10.2. The lowest BCUT2D eigenvalue weighted by atomic mass is 10.1. The molecule has 3 N–H and O–H groups in total. The van der Waals surface area contributed by atoms with Crippen LogP contribution < -0.4 is 0 Å². The van der Waals surface area contributed by atoms with E-state index in [0.717, 1.165) is 0 Å². The minimum Gasteiger partial charge on any atom is -0.394 e. The molecule has 0 aromatic heterocycles. The molecular formula is C10H18O7. The van der Waals surface area contributed by atoms with Crippen molar-refractivity contribution < 1.29 is 34.3 Å². The fraction of sp³-hybridized carbons (Fsp3) is 1.00. The topological polar surface area (TPSA) is 97.6 Å². The molecule has 0 saturated carbocycles. The lowest BCUT2D eigenvalue weighted by Gasteiger charge is -2.31. The Labute approximate surface area is 98.8 Å². The largest absolute Gasteiger partial charge is 0.394 e. The zero-order chi connectivity index (χ0) is 12.6. The molecule has 2 heterocycles. The summed E-state index contributed by atoms with van der Waals surface area (Å²) < 4.78 is 20.7. The number of rotatable bonds is 4. The van der Waals surface area contributed by atoms with Crippen molar-refractivity contribution >= 4 is 0 Å². The van der Waals surface area contributed by atoms with Crippen molar-refractivity contribution in [2.45, 2.75) is 42.9 Å². The van der Waals surface area contributed by atoms with Crippen molar-refractivity contribution in [3.8, 4) is 0 Å². The molecule has 1 unspecified atom stereocenters. The molecule has 2 rings (SSSR count). The Morgan fingerprint density at radius 3 is 2.53 bits per heavy atom. The molecule has 0 amide bonds. The second kappa shape index (κ2) is 4.77. The highest BCUT2D eigenvalue weighted by Gasteiger charge is 2.58. The van der Waals surface area contributed by atoms with E-state index in [1.165, 1.54) is 14.2 Å². The molecule has 5 atom stereocenters. The summed E-state index contributed by atoms with van der Waals surface area (Å²) in [6, 6.07) is 0. The molecule has 100 valence electrons. The summed E-state index contributed by atoms with van der Waals surface area (Å²) in [6.45, 7) is -0.284. The van der Waals surface area contributed by atoms with E-state index in [2.05, 4.69) is 0 Å². The SMILES string of the molecule is COC(OC)C1(O)C[C@@H]2O[C@H](CO)[C@@H](O)[C@@H]2O1. The standard InChI is InChI=1S/C10H18O7/c1-14-9(15-2)10(13)3-5-8(17-10)7(12)6(4-11)16-5/h5-9,11-13H,3-4H2,1-2H3/t5-,6+,7+,8+,10?/m0/s1. The third-order valence-corrected chi connectivity index (χ3v) is 3.24. The third-order valence-electron chi connectivity index (χ3n) is 3.24. The lowest BCUT2D eigenvalue weighted by molar-refractivity contribution is -0.322. The zero-order valence-corrected chi connectivity index (χ0v) is 9.78. The monoisotopic (exact) mass is 250 g/mol. The molecule has 0 aliphatic carbocycles. The number of hydrogen-bond donors (Lipinski definition) is 3. The van der Waals surface area contributed by atoms with Crippen LogP contribution in [0.25, 0.3) is 0 Å². The predicted octanol–water partition coefficient (Wildman–Crippen LogP) is -1.80. The minimum atomic E-state index is -1.64. The highest BCUT2D eigenvalue weighted by molar-refractivity contribution is 5.00. The first-order valence-electron chi connectivity index (χ1n) is 5.46. The van der Waals surface area contributed by atoms with Crippen molar-refractivity contribution in [2.75, 3.05) is 20.8 Å². The average Bonchev–Trinajstić information content (AvgIpc) is 2.77. The van der Waals surface area contributed by atoms with Gasteiger partial charge >= 0.3 is 0 Å². The van der Waals surface area contributed by atoms with Gasteiger partial charge in [-0.3, -0.25) is 0 Å². The van der Waals surface area contributed by atoms with Crippen LogP contribution in [-0.2, 0) is 18.9 Å². The fourth-order valence-electron chi connectivity index (χ4n) is 2.46. The molecule has 2 aliphatic rings. The van der Waals surface area contributed by atoms with E-state index < -0.39 is 36.5 Å². The Morgan fingerprint density at radius 1 is 1.41 bits per heavy atom. The molecule has 17 heavy (non-hydrogen) atoms. The maximum Gasteiger partial charge on any atom is 0.221 e. The number of aliphatic hydroxyl groups is 3. The molecule has 0 aromatic rings. The molecule has 0 bridgehead atoms. The van der Waals surface area contributed by atoms with Crippen LogP contribution in [0.15, 0.2) is 0 Å². The molecule has 0 aromatic carbocycles. The Kier molecular flexibility index (Phi) is 3.69. The van der Waals surface area contributed by atoms with Crippen LogP contribution in [0.5, 0.6) is 0 Å². The van der Waals surface area contributed by atoms with E-state index in [9.17, 15) is 10.2 Å². The number of ether oxygens (including phenoxy) is 4. The van der Waals surface area contributed by atoms with Gasteiger partial charge in [0.2, 0.25) is 12.1 Å². The molecular weight excluding hydrogens is 232 g/mol. The molecule has 7 nitrogen and oxygen atoms in total. The number of hydrogen-bond acceptors (Lipinski definition) is 7. The van der Waals surface area contributed by atoms with E-state index >= 15 is 0 Å². The van der Waals surface area contributed by atoms with Gasteiger partial charge in [0.05, 0.1) is 12.7 Å². The summed E-state index contributed by atoms with van der Waals surface area (Å²) in [4.78, 5) is 0. The predicted molar refractivity (Wildman–Crippen MR) is 54.0 cm³/mol. The first-order valence-corrected chi connectivity index (χ1v) is 5.46. The van der Waals surface area contributed by atoms with Crippen molar-refractivity contribution in [1.82, 2.24) is 0 Å². The number of aliphatic hydroxyl groups excluding tert-OH is 2. The number of methoxy groups -OCH3 is 2. The van der Waals surface area contributed by atoms with Crippen LogP contribution in [0.3, 0.4) is 0 Å². The molecule has 2 aliphatic heterocycles. The van der Waals surface area contributed by atoms with Crippen molar-refractivity contribution in [1.29, 1.82) is 0 Å². The van der Waals surface area contributed by atoms with Gasteiger partial charge in [0, 0.05) is 20.6 Å². The van der Waals surface area contributed by atoms with E-state index in [0.29, 0.717) is 0 Å². The van der Waals surface area contributed by atoms with Gasteiger partial charge in [0.15, 0.2) is 0 Å². The van der Waals surface area contributed by atoms with Crippen LogP contribution in [0.4, 0.5) is 0 Å². The van der Waals surface area contributed by atoms with E-state index in [4.69, 9.17) is 24.1 Å². The summed E-state index contributed by atoms with van der Waals surface area (Å²) >= 11 is 0. The fourth-order valence-corrected chi connectivity index (χ4v) is 2.46. The highest BCUT2D eigenvalue weighted by Crippen LogP contribution is 2.41. The van der Waals surface area contributed by atoms with E-state index in [1.54, 1.807) is 0 Å². The summed E-state index contributed by atoms with van der Waals surface area (Å²) in [5, 5.41) is 29.0. The van der Waals surface area contributed by atoms with Gasteiger partial charge in [-0.25, -0.2) is 0 Å². The van der Waals surface area contributed by atoms with Gasteiger partial charge in [0.25, 0.3) is 0 Å². The van der Waals surface area contributed by atoms with Gasteiger partial charge in [-0.2, -0.15) is 0 Å². The smallest absolute Gasteiger partial charge is 0.221 e. The van der Waals surface area contributed by atoms with Crippen molar-refractivity contribution in [3.05, 3.63) is 0 Å². The van der Waals surface area contributed by atoms with Crippen molar-refractivity contribution in [3.63, 3.8) is 0 Å². The van der Waals surface area contributed by atoms with Gasteiger partial charge in [-0.1, -0.05) is 0 Å². The number of fused-ring (bicyclic) bond motifs is 1. The van der Waals surface area contributed by atoms with E-state index in [-0.39, 0.29) is 13.0 Å². The Morgan fingerprint density at radius 2 is 2.06 bits per heavy atom. The van der Waals surface area contributed by atoms with Gasteiger partial charge in [-0.15, -0.1) is 0 Å². The first kappa shape index (κ1) is 13.2. The molecule has 2 saturated heterocycles. The van der Waals surface area contributed by atoms with Crippen LogP contribution in [0.1, 0.15) is 6.42 Å². The summed E-state index contributed by atoms with van der Waals surface area (Å²) in [7, 11) is 2.77. The van der Waals surface area contributed by atoms with Gasteiger partial charge in [0.1, 0.15) is 18.3 Å². The van der Waals surface area contributed by atoms with Gasteiger partial charge < -0.3 is 34.3 Å². The van der Waals surface area contributed by atoms with Gasteiger partial charge in [-0.05, 0) is 0 Å². The van der Waals surface area contributed by atoms with E-state index in [1.807, 2.05) is 0 Å². The summed E-state index contributed by atoms with van der Waals surface area (Å²) in [5.41, 5.74) is 0. The second-order valence-corrected chi connectivity index (χ2v) is 4.32. The zero-order valence-electron chi connectivity index (χ0n) is 9.78. The van der Waals surface area contributed by atoms with Crippen LogP contribution in [0, 0.1) is 0 Å². The quantitative estimate of drug-likeness (QED) is 0.507. The molecule has 0 radical (unpaired) electrons. The summed E-state index contributed by atoms with van der Waals surface area (Å²) in [6.07, 6.45) is -3.61. The minimum absolute atomic E-state index is 0.123. The van der Waals surface area contributed by atoms with Crippen molar-refractivity contribution in [2.24, 2.45) is 0 Å². The second-order valence-electron chi connectivity index (χ2n) is 4.32. The summed E-state index contributed by atoms with van der Waals surface area (Å²) in [5.74, 6) is -1.64.